The summed E-state index contributed by atoms with van der Waals surface area (Å²) in [4.78, 5) is 0. The smallest absolute Gasteiger partial charge is 0.0656 e. The van der Waals surface area contributed by atoms with Gasteiger partial charge in [0.15, 0.2) is 0 Å². The third-order valence-corrected chi connectivity index (χ3v) is 5.61. The van der Waals surface area contributed by atoms with Crippen LogP contribution in [0.4, 0.5) is 0 Å². The maximum Gasteiger partial charge on any atom is 0.0784 e. The molecule has 0 atom stereocenters. The molecule has 0 radical (unpaired) electrons. The summed E-state index contributed by atoms with van der Waals surface area (Å²) in [5, 5.41) is 7.04. The molecule has 0 amide bonds. The van der Waals surface area contributed by atoms with Crippen LogP contribution in [0.15, 0.2) is 54.6 Å². The topological polar surface area (TPSA) is 0 Å². The molecule has 0 heterocycles. The quantitative estimate of drug-likeness (QED) is 0.439. The lowest BCUT2D eigenvalue weighted by Gasteiger charge is -2.19. The lowest BCUT2D eigenvalue weighted by atomic mass is 10.0. The van der Waals surface area contributed by atoms with E-state index in [9.17, 15) is 0 Å². The minimum absolute atomic E-state index is 1.29. The zero-order valence-corrected chi connectivity index (χ0v) is 12.2. The van der Waals surface area contributed by atoms with E-state index in [1.165, 1.54) is 21.5 Å². The normalized spacial score (nSPS) is 12.2. The fourth-order valence-corrected chi connectivity index (χ4v) is 4.24. The molecular weight excluding hydrogens is 232 g/mol. The summed E-state index contributed by atoms with van der Waals surface area (Å²) < 4.78 is 0. The fourth-order valence-electron chi connectivity index (χ4n) is 2.62. The monoisotopic (exact) mass is 250 g/mol. The first-order chi connectivity index (χ1) is 8.55. The van der Waals surface area contributed by atoms with Crippen LogP contribution in [0.1, 0.15) is 0 Å². The molecule has 0 nitrogen and oxygen atoms in total. The third-order valence-electron chi connectivity index (χ3n) is 3.55. The van der Waals surface area contributed by atoms with Crippen LogP contribution in [0, 0.1) is 0 Å². The molecule has 3 rings (SSSR count). The largest absolute Gasteiger partial charge is 0.0784 e. The van der Waals surface area contributed by atoms with Gasteiger partial charge in [-0.15, -0.1) is 0 Å². The molecule has 0 aliphatic carbocycles. The van der Waals surface area contributed by atoms with Crippen molar-refractivity contribution in [3.8, 4) is 0 Å². The van der Waals surface area contributed by atoms with Crippen LogP contribution >= 0.6 is 0 Å². The van der Waals surface area contributed by atoms with Crippen molar-refractivity contribution >= 4 is 34.8 Å². The van der Waals surface area contributed by atoms with Gasteiger partial charge in [-0.25, -0.2) is 0 Å². The van der Waals surface area contributed by atoms with Crippen LogP contribution in [0.2, 0.25) is 19.6 Å². The summed E-state index contributed by atoms with van der Waals surface area (Å²) >= 11 is 0. The highest BCUT2D eigenvalue weighted by molar-refractivity contribution is 6.90. The van der Waals surface area contributed by atoms with E-state index in [1.54, 1.807) is 5.19 Å². The van der Waals surface area contributed by atoms with E-state index < -0.39 is 8.07 Å². The highest BCUT2D eigenvalue weighted by Gasteiger charge is 2.18. The van der Waals surface area contributed by atoms with Crippen molar-refractivity contribution in [2.75, 3.05) is 0 Å². The Labute approximate surface area is 109 Å². The lowest BCUT2D eigenvalue weighted by Crippen LogP contribution is -2.37. The highest BCUT2D eigenvalue weighted by atomic mass is 28.3. The van der Waals surface area contributed by atoms with E-state index in [4.69, 9.17) is 0 Å². The van der Waals surface area contributed by atoms with Gasteiger partial charge >= 0.3 is 0 Å². The van der Waals surface area contributed by atoms with E-state index >= 15 is 0 Å². The second-order valence-corrected chi connectivity index (χ2v) is 11.0. The van der Waals surface area contributed by atoms with E-state index in [0.717, 1.165) is 0 Å². The molecule has 0 bridgehead atoms. The van der Waals surface area contributed by atoms with Gasteiger partial charge in [0.2, 0.25) is 0 Å². The lowest BCUT2D eigenvalue weighted by molar-refractivity contribution is 1.72. The first kappa shape index (κ1) is 11.5. The van der Waals surface area contributed by atoms with Crippen molar-refractivity contribution in [3.63, 3.8) is 0 Å². The van der Waals surface area contributed by atoms with E-state index in [1.807, 2.05) is 0 Å². The van der Waals surface area contributed by atoms with Gasteiger partial charge < -0.3 is 0 Å². The Bertz CT molecular complexity index is 720. The minimum atomic E-state index is -1.29. The average Bonchev–Trinajstić information content (AvgIpc) is 2.34. The number of benzene rings is 3. The van der Waals surface area contributed by atoms with Crippen molar-refractivity contribution in [1.29, 1.82) is 0 Å². The molecule has 3 aromatic carbocycles. The summed E-state index contributed by atoms with van der Waals surface area (Å²) in [6.07, 6.45) is 0. The summed E-state index contributed by atoms with van der Waals surface area (Å²) in [5.41, 5.74) is 0. The number of rotatable bonds is 1. The first-order valence-corrected chi connectivity index (χ1v) is 9.98. The van der Waals surface area contributed by atoms with Gasteiger partial charge in [-0.3, -0.25) is 0 Å². The van der Waals surface area contributed by atoms with Crippen LogP contribution < -0.4 is 5.19 Å². The predicted octanol–water partition coefficient (Wildman–Crippen LogP) is 4.54. The molecular formula is C17H18Si. The van der Waals surface area contributed by atoms with Crippen molar-refractivity contribution in [2.24, 2.45) is 0 Å². The van der Waals surface area contributed by atoms with E-state index in [2.05, 4.69) is 74.2 Å². The van der Waals surface area contributed by atoms with Crippen molar-refractivity contribution in [1.82, 2.24) is 0 Å². The Morgan fingerprint density at radius 2 is 1.28 bits per heavy atom. The molecule has 0 aliphatic heterocycles. The summed E-state index contributed by atoms with van der Waals surface area (Å²) in [6, 6.07) is 20.0. The summed E-state index contributed by atoms with van der Waals surface area (Å²) in [5.74, 6) is 0. The average molecular weight is 250 g/mol. The van der Waals surface area contributed by atoms with Gasteiger partial charge in [-0.05, 0) is 33.7 Å². The standard InChI is InChI=1S/C17H18Si/c1-18(2,3)17-10-6-9-15-11-13-7-4-5-8-14(13)12-16(15)17/h4-12H,1-3H3. The molecule has 0 spiro atoms. The first-order valence-electron chi connectivity index (χ1n) is 6.48. The van der Waals surface area contributed by atoms with Gasteiger partial charge in [0, 0.05) is 0 Å². The zero-order valence-electron chi connectivity index (χ0n) is 11.2. The number of fused-ring (bicyclic) bond motifs is 2. The van der Waals surface area contributed by atoms with E-state index in [0.29, 0.717) is 0 Å². The fraction of sp³-hybridized carbons (Fsp3) is 0.176. The zero-order chi connectivity index (χ0) is 12.8. The van der Waals surface area contributed by atoms with Gasteiger partial charge in [-0.2, -0.15) is 0 Å². The Morgan fingerprint density at radius 3 is 1.94 bits per heavy atom. The Balaban J connectivity index is 2.44. The molecule has 0 saturated carbocycles. The molecule has 0 unspecified atom stereocenters. The van der Waals surface area contributed by atoms with Crippen LogP contribution in [0.5, 0.6) is 0 Å². The van der Waals surface area contributed by atoms with Gasteiger partial charge in [0.25, 0.3) is 0 Å². The van der Waals surface area contributed by atoms with Crippen molar-refractivity contribution in [2.45, 2.75) is 19.6 Å². The molecule has 18 heavy (non-hydrogen) atoms. The van der Waals surface area contributed by atoms with Crippen LogP contribution in [-0.4, -0.2) is 8.07 Å². The van der Waals surface area contributed by atoms with Crippen LogP contribution in [0.25, 0.3) is 21.5 Å². The maximum absolute atomic E-state index is 2.41. The second kappa shape index (κ2) is 3.96. The van der Waals surface area contributed by atoms with Gasteiger partial charge in [-0.1, -0.05) is 67.3 Å². The summed E-state index contributed by atoms with van der Waals surface area (Å²) in [7, 11) is -1.29. The second-order valence-electron chi connectivity index (χ2n) is 5.98. The molecule has 90 valence electrons. The van der Waals surface area contributed by atoms with Crippen molar-refractivity contribution in [3.05, 3.63) is 54.6 Å². The Hall–Kier alpha value is -1.60. The molecule has 0 saturated heterocycles. The molecule has 1 heteroatoms. The number of hydrogen-bond donors (Lipinski definition) is 0. The third kappa shape index (κ3) is 1.85. The number of hydrogen-bond acceptors (Lipinski definition) is 0. The molecule has 0 aliphatic rings. The minimum Gasteiger partial charge on any atom is -0.0656 e. The Morgan fingerprint density at radius 1 is 0.667 bits per heavy atom. The summed E-state index contributed by atoms with van der Waals surface area (Å²) in [6.45, 7) is 7.24. The predicted molar refractivity (Wildman–Crippen MR) is 84.4 cm³/mol. The SMILES string of the molecule is C[Si](C)(C)c1cccc2cc3ccccc3cc12. The van der Waals surface area contributed by atoms with E-state index in [-0.39, 0.29) is 0 Å². The maximum atomic E-state index is 2.41. The van der Waals surface area contributed by atoms with Gasteiger partial charge in [0.1, 0.15) is 0 Å². The molecule has 0 N–H and O–H groups in total. The molecule has 0 fully saturated rings. The Kier molecular flexibility index (Phi) is 2.53. The van der Waals surface area contributed by atoms with Gasteiger partial charge in [0.05, 0.1) is 8.07 Å². The molecule has 3 aromatic rings. The van der Waals surface area contributed by atoms with Crippen LogP contribution in [0.3, 0.4) is 0 Å². The molecule has 0 aromatic heterocycles. The highest BCUT2D eigenvalue weighted by Crippen LogP contribution is 2.23. The van der Waals surface area contributed by atoms with Crippen molar-refractivity contribution < 1.29 is 0 Å². The van der Waals surface area contributed by atoms with Crippen LogP contribution in [-0.2, 0) is 0 Å².